The zero-order valence-corrected chi connectivity index (χ0v) is 12.4. The first-order chi connectivity index (χ1) is 10.3. The number of halogens is 1. The molecule has 0 unspecified atom stereocenters. The summed E-state index contributed by atoms with van der Waals surface area (Å²) >= 11 is 5.88. The highest BCUT2D eigenvalue weighted by Crippen LogP contribution is 2.26. The Hall–Kier alpha value is -2.08. The molecule has 0 amide bonds. The van der Waals surface area contributed by atoms with E-state index < -0.39 is 0 Å². The van der Waals surface area contributed by atoms with E-state index in [0.717, 1.165) is 29.2 Å². The number of imidazole rings is 1. The summed E-state index contributed by atoms with van der Waals surface area (Å²) in [7, 11) is 1.65. The van der Waals surface area contributed by atoms with Crippen molar-refractivity contribution in [2.24, 2.45) is 0 Å². The average molecular weight is 307 g/mol. The van der Waals surface area contributed by atoms with E-state index in [-0.39, 0.29) is 0 Å². The van der Waals surface area contributed by atoms with Crippen LogP contribution in [0.15, 0.2) is 29.1 Å². The molecule has 1 aromatic carbocycles. The molecule has 3 aromatic rings. The van der Waals surface area contributed by atoms with E-state index in [4.69, 9.17) is 20.9 Å². The van der Waals surface area contributed by atoms with Crippen molar-refractivity contribution >= 4 is 22.6 Å². The highest BCUT2D eigenvalue weighted by Gasteiger charge is 2.14. The molecule has 6 nitrogen and oxygen atoms in total. The summed E-state index contributed by atoms with van der Waals surface area (Å²) in [6, 6.07) is 5.89. The number of nitrogens with zero attached hydrogens (tertiary/aromatic N) is 4. The number of methoxy groups -OCH3 is 1. The largest absolute Gasteiger partial charge is 0.494 e. The molecular formula is C14H15ClN4O2. The van der Waals surface area contributed by atoms with Crippen LogP contribution in [0.4, 0.5) is 0 Å². The monoisotopic (exact) mass is 306 g/mol. The van der Waals surface area contributed by atoms with Crippen LogP contribution in [0.5, 0.6) is 5.75 Å². The highest BCUT2D eigenvalue weighted by atomic mass is 35.5. The average Bonchev–Trinajstić information content (AvgIpc) is 3.12. The maximum atomic E-state index is 5.88. The van der Waals surface area contributed by atoms with Crippen LogP contribution in [-0.4, -0.2) is 32.7 Å². The van der Waals surface area contributed by atoms with E-state index in [0.29, 0.717) is 24.5 Å². The number of hydrogen-bond donors (Lipinski definition) is 0. The molecule has 0 atom stereocenters. The normalized spacial score (nSPS) is 11.1. The Labute approximate surface area is 126 Å². The molecule has 3 rings (SSSR count). The van der Waals surface area contributed by atoms with Crippen molar-refractivity contribution in [1.29, 1.82) is 0 Å². The van der Waals surface area contributed by atoms with E-state index in [1.165, 1.54) is 6.39 Å². The van der Waals surface area contributed by atoms with Crippen LogP contribution in [0.1, 0.15) is 11.6 Å². The maximum absolute atomic E-state index is 5.88. The molecule has 0 aliphatic carbocycles. The summed E-state index contributed by atoms with van der Waals surface area (Å²) in [5.41, 5.74) is 1.88. The van der Waals surface area contributed by atoms with Gasteiger partial charge in [-0.3, -0.25) is 0 Å². The number of rotatable bonds is 6. The number of benzene rings is 1. The van der Waals surface area contributed by atoms with Crippen LogP contribution in [-0.2, 0) is 19.4 Å². The van der Waals surface area contributed by atoms with Gasteiger partial charge in [0.2, 0.25) is 6.39 Å². The fraction of sp³-hybridized carbons (Fsp3) is 0.357. The van der Waals surface area contributed by atoms with Gasteiger partial charge in [-0.2, -0.15) is 4.98 Å². The molecule has 0 aliphatic rings. The predicted molar refractivity (Wildman–Crippen MR) is 78.7 cm³/mol. The first-order valence-corrected chi connectivity index (χ1v) is 7.20. The van der Waals surface area contributed by atoms with Gasteiger partial charge < -0.3 is 13.8 Å². The van der Waals surface area contributed by atoms with Crippen molar-refractivity contribution in [3.05, 3.63) is 36.2 Å². The number of ether oxygens (including phenoxy) is 1. The minimum atomic E-state index is 0.522. The van der Waals surface area contributed by atoms with Gasteiger partial charge in [0.15, 0.2) is 5.82 Å². The highest BCUT2D eigenvalue weighted by molar-refractivity contribution is 6.17. The van der Waals surface area contributed by atoms with Gasteiger partial charge in [-0.1, -0.05) is 11.2 Å². The summed E-state index contributed by atoms with van der Waals surface area (Å²) in [5, 5.41) is 3.83. The fourth-order valence-electron chi connectivity index (χ4n) is 2.37. The fourth-order valence-corrected chi connectivity index (χ4v) is 2.54. The number of aromatic nitrogens is 4. The van der Waals surface area contributed by atoms with E-state index in [9.17, 15) is 0 Å². The SMILES string of the molecule is COc1cccc2c1nc(CCCl)n2CCc1ncon1. The van der Waals surface area contributed by atoms with Crippen molar-refractivity contribution in [1.82, 2.24) is 19.7 Å². The molecule has 2 heterocycles. The van der Waals surface area contributed by atoms with Crippen LogP contribution in [0, 0.1) is 0 Å². The van der Waals surface area contributed by atoms with Gasteiger partial charge in [-0.15, -0.1) is 11.6 Å². The summed E-state index contributed by atoms with van der Waals surface area (Å²) in [6.45, 7) is 0.718. The Morgan fingerprint density at radius 3 is 2.95 bits per heavy atom. The van der Waals surface area contributed by atoms with Crippen molar-refractivity contribution in [2.45, 2.75) is 19.4 Å². The Bertz CT molecular complexity index is 724. The van der Waals surface area contributed by atoms with Gasteiger partial charge in [0.05, 0.1) is 12.6 Å². The van der Waals surface area contributed by atoms with Crippen molar-refractivity contribution in [2.75, 3.05) is 13.0 Å². The standard InChI is InChI=1S/C14H15ClN4O2/c1-20-11-4-2-3-10-14(11)17-13(5-7-15)19(10)8-6-12-16-9-21-18-12/h2-4,9H,5-8H2,1H3. The van der Waals surface area contributed by atoms with Crippen LogP contribution >= 0.6 is 11.6 Å². The molecule has 0 aliphatic heterocycles. The third-order valence-corrected chi connectivity index (χ3v) is 3.51. The molecule has 0 fully saturated rings. The van der Waals surface area contributed by atoms with E-state index in [2.05, 4.69) is 19.7 Å². The Balaban J connectivity index is 1.99. The van der Waals surface area contributed by atoms with E-state index in [1.54, 1.807) is 7.11 Å². The second-order valence-corrected chi connectivity index (χ2v) is 4.92. The molecule has 0 saturated heterocycles. The van der Waals surface area contributed by atoms with Gasteiger partial charge in [-0.25, -0.2) is 4.98 Å². The molecule has 0 bridgehead atoms. The molecule has 7 heteroatoms. The lowest BCUT2D eigenvalue weighted by Crippen LogP contribution is -2.07. The third-order valence-electron chi connectivity index (χ3n) is 3.32. The van der Waals surface area contributed by atoms with Crippen LogP contribution in [0.25, 0.3) is 11.0 Å². The first-order valence-electron chi connectivity index (χ1n) is 6.67. The van der Waals surface area contributed by atoms with Crippen molar-refractivity contribution in [3.8, 4) is 5.75 Å². The number of aryl methyl sites for hydroxylation is 3. The summed E-state index contributed by atoms with van der Waals surface area (Å²) in [6.07, 6.45) is 2.71. The number of alkyl halides is 1. The Morgan fingerprint density at radius 2 is 2.24 bits per heavy atom. The Morgan fingerprint density at radius 1 is 1.33 bits per heavy atom. The third kappa shape index (κ3) is 2.71. The predicted octanol–water partition coefficient (Wildman–Crippen LogP) is 2.45. The van der Waals surface area contributed by atoms with Gasteiger partial charge in [0.1, 0.15) is 17.1 Å². The topological polar surface area (TPSA) is 66.0 Å². The van der Waals surface area contributed by atoms with Crippen LogP contribution in [0.2, 0.25) is 0 Å². The van der Waals surface area contributed by atoms with Crippen LogP contribution < -0.4 is 4.74 Å². The molecule has 0 spiro atoms. The minimum absolute atomic E-state index is 0.522. The number of para-hydroxylation sites is 1. The molecule has 110 valence electrons. The van der Waals surface area contributed by atoms with Gasteiger partial charge in [0.25, 0.3) is 0 Å². The van der Waals surface area contributed by atoms with Crippen LogP contribution in [0.3, 0.4) is 0 Å². The maximum Gasteiger partial charge on any atom is 0.213 e. The lowest BCUT2D eigenvalue weighted by atomic mass is 10.3. The lowest BCUT2D eigenvalue weighted by Gasteiger charge is -2.07. The quantitative estimate of drug-likeness (QED) is 0.654. The molecule has 0 saturated carbocycles. The zero-order chi connectivity index (χ0) is 14.7. The summed E-state index contributed by atoms with van der Waals surface area (Å²) in [4.78, 5) is 8.71. The summed E-state index contributed by atoms with van der Waals surface area (Å²) in [5.74, 6) is 2.90. The second-order valence-electron chi connectivity index (χ2n) is 4.54. The molecule has 0 N–H and O–H groups in total. The number of hydrogen-bond acceptors (Lipinski definition) is 5. The molecule has 0 radical (unpaired) electrons. The number of fused-ring (bicyclic) bond motifs is 1. The Kier molecular flexibility index (Phi) is 4.06. The van der Waals surface area contributed by atoms with Gasteiger partial charge >= 0.3 is 0 Å². The second kappa shape index (κ2) is 6.13. The van der Waals surface area contributed by atoms with Crippen molar-refractivity contribution < 1.29 is 9.26 Å². The molecular weight excluding hydrogens is 292 g/mol. The zero-order valence-electron chi connectivity index (χ0n) is 11.6. The van der Waals surface area contributed by atoms with Gasteiger partial charge in [-0.05, 0) is 12.1 Å². The molecule has 2 aromatic heterocycles. The van der Waals surface area contributed by atoms with Gasteiger partial charge in [0, 0.05) is 25.3 Å². The van der Waals surface area contributed by atoms with E-state index >= 15 is 0 Å². The lowest BCUT2D eigenvalue weighted by molar-refractivity contribution is 0.408. The molecule has 21 heavy (non-hydrogen) atoms. The first kappa shape index (κ1) is 13.9. The minimum Gasteiger partial charge on any atom is -0.494 e. The summed E-state index contributed by atoms with van der Waals surface area (Å²) < 4.78 is 12.3. The smallest absolute Gasteiger partial charge is 0.213 e. The van der Waals surface area contributed by atoms with Crippen molar-refractivity contribution in [3.63, 3.8) is 0 Å². The van der Waals surface area contributed by atoms with E-state index in [1.807, 2.05) is 18.2 Å².